The lowest BCUT2D eigenvalue weighted by Crippen LogP contribution is -2.08. The van der Waals surface area contributed by atoms with E-state index in [1.807, 2.05) is 36.6 Å². The van der Waals surface area contributed by atoms with Gasteiger partial charge >= 0.3 is 5.97 Å². The number of methoxy groups -OCH3 is 1. The Morgan fingerprint density at radius 1 is 1.16 bits per heavy atom. The highest BCUT2D eigenvalue weighted by Crippen LogP contribution is 2.40. The molecule has 2 aromatic heterocycles. The van der Waals surface area contributed by atoms with E-state index in [1.54, 1.807) is 12.1 Å². The number of carbonyl (C=O) groups excluding carboxylic acids is 2. The zero-order valence-corrected chi connectivity index (χ0v) is 19.0. The number of benzene rings is 1. The minimum Gasteiger partial charge on any atom is -0.465 e. The average Bonchev–Trinajstić information content (AvgIpc) is 3.47. The zero-order chi connectivity index (χ0) is 22.1. The molecule has 0 atom stereocenters. The van der Waals surface area contributed by atoms with E-state index in [0.29, 0.717) is 22.8 Å². The zero-order valence-electron chi connectivity index (χ0n) is 18.2. The van der Waals surface area contributed by atoms with Crippen LogP contribution in [0.3, 0.4) is 0 Å². The number of ether oxygens (including phenoxy) is 1. The van der Waals surface area contributed by atoms with Crippen LogP contribution in [0.25, 0.3) is 5.69 Å². The smallest absolute Gasteiger partial charge is 0.337 e. The number of carbonyl (C=O) groups is 2. The lowest BCUT2D eigenvalue weighted by atomic mass is 10.2. The molecule has 1 fully saturated rings. The Morgan fingerprint density at radius 2 is 1.87 bits per heavy atom. The number of rotatable bonds is 8. The molecule has 31 heavy (non-hydrogen) atoms. The Morgan fingerprint density at radius 3 is 2.48 bits per heavy atom. The fraction of sp³-hybridized carbons (Fsp3) is 0.391. The second kappa shape index (κ2) is 8.70. The van der Waals surface area contributed by atoms with Crippen molar-refractivity contribution in [1.29, 1.82) is 0 Å². The van der Waals surface area contributed by atoms with E-state index in [1.165, 1.54) is 31.7 Å². The first-order valence-corrected chi connectivity index (χ1v) is 11.4. The van der Waals surface area contributed by atoms with E-state index in [2.05, 4.69) is 21.7 Å². The molecule has 1 aliphatic carbocycles. The molecule has 3 aromatic rings. The van der Waals surface area contributed by atoms with Gasteiger partial charge in [0, 0.05) is 35.1 Å². The summed E-state index contributed by atoms with van der Waals surface area (Å²) in [7, 11) is 1.36. The number of hydrogen-bond donors (Lipinski definition) is 0. The fourth-order valence-electron chi connectivity index (χ4n) is 3.86. The Kier molecular flexibility index (Phi) is 6.00. The third-order valence-electron chi connectivity index (χ3n) is 5.61. The van der Waals surface area contributed by atoms with Crippen LogP contribution in [0, 0.1) is 13.8 Å². The monoisotopic (exact) mass is 438 g/mol. The third-order valence-corrected chi connectivity index (χ3v) is 6.58. The van der Waals surface area contributed by atoms with E-state index in [-0.39, 0.29) is 11.8 Å². The first kappa shape index (κ1) is 21.4. The highest BCUT2D eigenvalue weighted by Gasteiger charge is 2.30. The van der Waals surface area contributed by atoms with Gasteiger partial charge in [-0.25, -0.2) is 4.79 Å². The van der Waals surface area contributed by atoms with Gasteiger partial charge in [0.15, 0.2) is 10.9 Å². The standard InChI is InChI=1S/C23H26N4O3S/c1-5-26-21(16-6-7-16)24-25-23(26)31-13-20(28)19-12-14(2)27(15(19)3)18-10-8-17(9-11-18)22(29)30-4/h8-12,16H,5-7,13H2,1-4H3. The maximum Gasteiger partial charge on any atom is 0.337 e. The molecule has 7 nitrogen and oxygen atoms in total. The SMILES string of the molecule is CCn1c(SCC(=O)c2cc(C)n(-c3ccc(C(=O)OC)cc3)c2C)nnc1C1CC1. The molecule has 0 N–H and O–H groups in total. The molecule has 8 heteroatoms. The first-order valence-electron chi connectivity index (χ1n) is 10.4. The summed E-state index contributed by atoms with van der Waals surface area (Å²) in [5, 5.41) is 9.47. The van der Waals surface area contributed by atoms with E-state index >= 15 is 0 Å². The van der Waals surface area contributed by atoms with Crippen LogP contribution in [-0.4, -0.2) is 43.9 Å². The highest BCUT2D eigenvalue weighted by molar-refractivity contribution is 7.99. The molecule has 0 unspecified atom stereocenters. The number of ketones is 1. The van der Waals surface area contributed by atoms with Gasteiger partial charge in [0.1, 0.15) is 5.82 Å². The number of nitrogens with zero attached hydrogens (tertiary/aromatic N) is 4. The van der Waals surface area contributed by atoms with Crippen molar-refractivity contribution in [1.82, 2.24) is 19.3 Å². The maximum absolute atomic E-state index is 13.0. The van der Waals surface area contributed by atoms with Crippen LogP contribution in [0.4, 0.5) is 0 Å². The molecule has 1 saturated carbocycles. The number of esters is 1. The molecule has 0 spiro atoms. The van der Waals surface area contributed by atoms with Gasteiger partial charge < -0.3 is 13.9 Å². The number of hydrogen-bond acceptors (Lipinski definition) is 6. The van der Waals surface area contributed by atoms with E-state index in [4.69, 9.17) is 4.74 Å². The van der Waals surface area contributed by atoms with E-state index < -0.39 is 0 Å². The fourth-order valence-corrected chi connectivity index (χ4v) is 4.75. The Hall–Kier alpha value is -2.87. The molecule has 0 bridgehead atoms. The number of Topliss-reactive ketones (excluding diaryl/α,β-unsaturated/α-hetero) is 1. The topological polar surface area (TPSA) is 79.0 Å². The predicted molar refractivity (Wildman–Crippen MR) is 119 cm³/mol. The van der Waals surface area contributed by atoms with Crippen LogP contribution < -0.4 is 0 Å². The van der Waals surface area contributed by atoms with Crippen molar-refractivity contribution in [2.24, 2.45) is 0 Å². The van der Waals surface area contributed by atoms with Gasteiger partial charge in [0.2, 0.25) is 0 Å². The van der Waals surface area contributed by atoms with E-state index in [0.717, 1.165) is 34.6 Å². The molecule has 1 aliphatic rings. The van der Waals surface area contributed by atoms with Gasteiger partial charge in [-0.2, -0.15) is 0 Å². The van der Waals surface area contributed by atoms with Gasteiger partial charge in [0.05, 0.1) is 18.4 Å². The lowest BCUT2D eigenvalue weighted by molar-refractivity contribution is 0.0600. The Balaban J connectivity index is 1.52. The Labute approximate surface area is 185 Å². The summed E-state index contributed by atoms with van der Waals surface area (Å²) in [5.74, 6) is 1.58. The molecular formula is C23H26N4O3S. The van der Waals surface area contributed by atoms with Gasteiger partial charge in [-0.15, -0.1) is 10.2 Å². The lowest BCUT2D eigenvalue weighted by Gasteiger charge is -2.10. The second-order valence-electron chi connectivity index (χ2n) is 7.73. The summed E-state index contributed by atoms with van der Waals surface area (Å²) in [4.78, 5) is 24.7. The Bertz CT molecular complexity index is 1130. The summed E-state index contributed by atoms with van der Waals surface area (Å²) >= 11 is 1.45. The number of aromatic nitrogens is 4. The van der Waals surface area contributed by atoms with Crippen LogP contribution >= 0.6 is 11.8 Å². The van der Waals surface area contributed by atoms with Crippen LogP contribution in [0.5, 0.6) is 0 Å². The molecule has 1 aromatic carbocycles. The van der Waals surface area contributed by atoms with Crippen LogP contribution in [0.15, 0.2) is 35.5 Å². The molecule has 4 rings (SSSR count). The first-order chi connectivity index (χ1) is 14.9. The molecule has 0 saturated heterocycles. The summed E-state index contributed by atoms with van der Waals surface area (Å²) in [6, 6.07) is 9.10. The second-order valence-corrected chi connectivity index (χ2v) is 8.67. The number of thioether (sulfide) groups is 1. The van der Waals surface area contributed by atoms with Crippen LogP contribution in [-0.2, 0) is 11.3 Å². The van der Waals surface area contributed by atoms with E-state index in [9.17, 15) is 9.59 Å². The van der Waals surface area contributed by atoms with Crippen molar-refractivity contribution in [2.75, 3.05) is 12.9 Å². The molecule has 2 heterocycles. The highest BCUT2D eigenvalue weighted by atomic mass is 32.2. The largest absolute Gasteiger partial charge is 0.465 e. The van der Waals surface area contributed by atoms with Gasteiger partial charge in [0.25, 0.3) is 0 Å². The molecule has 162 valence electrons. The minimum atomic E-state index is -0.370. The minimum absolute atomic E-state index is 0.0640. The van der Waals surface area contributed by atoms with Crippen molar-refractivity contribution in [3.63, 3.8) is 0 Å². The third kappa shape index (κ3) is 4.17. The summed E-state index contributed by atoms with van der Waals surface area (Å²) in [5.41, 5.74) is 3.93. The normalized spacial score (nSPS) is 13.4. The van der Waals surface area contributed by atoms with Crippen molar-refractivity contribution in [3.8, 4) is 5.69 Å². The van der Waals surface area contributed by atoms with Crippen LogP contribution in [0.1, 0.15) is 63.6 Å². The molecule has 0 radical (unpaired) electrons. The molecule has 0 aliphatic heterocycles. The molecular weight excluding hydrogens is 412 g/mol. The predicted octanol–water partition coefficient (Wildman–Crippen LogP) is 4.34. The van der Waals surface area contributed by atoms with Gasteiger partial charge in [-0.1, -0.05) is 11.8 Å². The van der Waals surface area contributed by atoms with Crippen molar-refractivity contribution in [2.45, 2.75) is 51.2 Å². The van der Waals surface area contributed by atoms with Crippen LogP contribution in [0.2, 0.25) is 0 Å². The molecule has 0 amide bonds. The number of aryl methyl sites for hydroxylation is 1. The summed E-state index contributed by atoms with van der Waals surface area (Å²) in [6.07, 6.45) is 2.35. The van der Waals surface area contributed by atoms with Crippen molar-refractivity contribution >= 4 is 23.5 Å². The van der Waals surface area contributed by atoms with Gasteiger partial charge in [-0.3, -0.25) is 4.79 Å². The quantitative estimate of drug-likeness (QED) is 0.296. The van der Waals surface area contributed by atoms with Crippen molar-refractivity contribution in [3.05, 3.63) is 58.7 Å². The summed E-state index contributed by atoms with van der Waals surface area (Å²) in [6.45, 7) is 6.81. The maximum atomic E-state index is 13.0. The summed E-state index contributed by atoms with van der Waals surface area (Å²) < 4.78 is 8.91. The van der Waals surface area contributed by atoms with Crippen molar-refractivity contribution < 1.29 is 14.3 Å². The average molecular weight is 439 g/mol. The van der Waals surface area contributed by atoms with Gasteiger partial charge in [-0.05, 0) is 63.9 Å².